The summed E-state index contributed by atoms with van der Waals surface area (Å²) in [6.07, 6.45) is 4.98. The second-order valence-electron chi connectivity index (χ2n) is 9.31. The largest absolute Gasteiger partial charge is 0.444 e. The lowest BCUT2D eigenvalue weighted by atomic mass is 10.0. The number of amides is 2. The molecule has 1 fully saturated rings. The number of ether oxygens (including phenoxy) is 2. The second-order valence-corrected chi connectivity index (χ2v) is 10.2. The first-order valence-corrected chi connectivity index (χ1v) is 12.3. The molecule has 188 valence electrons. The van der Waals surface area contributed by atoms with Gasteiger partial charge in [-0.25, -0.2) is 19.7 Å². The Morgan fingerprint density at radius 2 is 2.08 bits per heavy atom. The van der Waals surface area contributed by atoms with Gasteiger partial charge in [-0.1, -0.05) is 0 Å². The van der Waals surface area contributed by atoms with E-state index in [0.717, 1.165) is 4.70 Å². The van der Waals surface area contributed by atoms with Gasteiger partial charge >= 0.3 is 6.09 Å². The smallest absolute Gasteiger partial charge is 0.408 e. The van der Waals surface area contributed by atoms with Gasteiger partial charge in [-0.15, -0.1) is 11.3 Å². The normalized spacial score (nSPS) is 18.2. The van der Waals surface area contributed by atoms with Crippen molar-refractivity contribution in [1.82, 2.24) is 29.9 Å². The number of thiophene rings is 1. The van der Waals surface area contributed by atoms with Crippen molar-refractivity contribution in [3.05, 3.63) is 41.7 Å². The van der Waals surface area contributed by atoms with E-state index in [1.165, 1.54) is 11.3 Å². The highest BCUT2D eigenvalue weighted by molar-refractivity contribution is 7.17. The fourth-order valence-corrected chi connectivity index (χ4v) is 4.68. The van der Waals surface area contributed by atoms with Gasteiger partial charge in [0.05, 0.1) is 46.9 Å². The number of nitrogens with one attached hydrogen (secondary N) is 3. The van der Waals surface area contributed by atoms with Crippen molar-refractivity contribution in [2.75, 3.05) is 23.8 Å². The van der Waals surface area contributed by atoms with Gasteiger partial charge in [-0.3, -0.25) is 4.79 Å². The van der Waals surface area contributed by atoms with Crippen molar-refractivity contribution in [1.29, 1.82) is 0 Å². The van der Waals surface area contributed by atoms with Crippen molar-refractivity contribution >= 4 is 51.0 Å². The SMILES string of the molecule is CC(C)(C)OC(=O)N[C@H]1COCC[C@H]1Nc1ncc2scc(C(=O)Nc3cnc4cccnn34)c2n1. The number of aromatic nitrogens is 5. The highest BCUT2D eigenvalue weighted by Gasteiger charge is 2.30. The minimum absolute atomic E-state index is 0.177. The lowest BCUT2D eigenvalue weighted by Crippen LogP contribution is -2.53. The van der Waals surface area contributed by atoms with Crippen LogP contribution in [0, 0.1) is 0 Å². The summed E-state index contributed by atoms with van der Waals surface area (Å²) in [5.41, 5.74) is 0.969. The summed E-state index contributed by atoms with van der Waals surface area (Å²) < 4.78 is 13.3. The summed E-state index contributed by atoms with van der Waals surface area (Å²) in [7, 11) is 0. The zero-order chi connectivity index (χ0) is 25.3. The Bertz CT molecular complexity index is 1410. The minimum atomic E-state index is -0.605. The molecule has 2 amide bonds. The summed E-state index contributed by atoms with van der Waals surface area (Å²) in [4.78, 5) is 38.7. The van der Waals surface area contributed by atoms with Gasteiger partial charge in [0.2, 0.25) is 5.95 Å². The third kappa shape index (κ3) is 5.21. The Balaban J connectivity index is 1.33. The van der Waals surface area contributed by atoms with Gasteiger partial charge in [0.25, 0.3) is 5.91 Å². The molecule has 3 N–H and O–H groups in total. The van der Waals surface area contributed by atoms with E-state index in [1.54, 1.807) is 40.6 Å². The summed E-state index contributed by atoms with van der Waals surface area (Å²) in [5.74, 6) is 0.490. The van der Waals surface area contributed by atoms with Crippen LogP contribution in [0.3, 0.4) is 0 Å². The zero-order valence-corrected chi connectivity index (χ0v) is 20.8. The number of rotatable bonds is 5. The molecule has 13 heteroatoms. The average Bonchev–Trinajstić information content (AvgIpc) is 3.43. The minimum Gasteiger partial charge on any atom is -0.444 e. The number of hydrogen-bond acceptors (Lipinski definition) is 10. The van der Waals surface area contributed by atoms with E-state index in [1.807, 2.05) is 20.8 Å². The molecule has 0 spiro atoms. The van der Waals surface area contributed by atoms with Crippen molar-refractivity contribution < 1.29 is 19.1 Å². The fraction of sp³-hybridized carbons (Fsp3) is 0.391. The Morgan fingerprint density at radius 3 is 2.92 bits per heavy atom. The first-order valence-electron chi connectivity index (χ1n) is 11.4. The maximum atomic E-state index is 13.1. The Kier molecular flexibility index (Phi) is 6.41. The number of fused-ring (bicyclic) bond motifs is 2. The maximum absolute atomic E-state index is 13.1. The van der Waals surface area contributed by atoms with Gasteiger partial charge in [-0.05, 0) is 39.3 Å². The first kappa shape index (κ1) is 23.9. The van der Waals surface area contributed by atoms with Gasteiger partial charge < -0.3 is 25.4 Å². The highest BCUT2D eigenvalue weighted by atomic mass is 32.1. The lowest BCUT2D eigenvalue weighted by Gasteiger charge is -2.33. The third-order valence-electron chi connectivity index (χ3n) is 5.45. The molecule has 4 aromatic heterocycles. The molecule has 0 unspecified atom stereocenters. The maximum Gasteiger partial charge on any atom is 0.408 e. The zero-order valence-electron chi connectivity index (χ0n) is 20.0. The molecule has 0 aliphatic carbocycles. The van der Waals surface area contributed by atoms with E-state index in [2.05, 4.69) is 36.0 Å². The van der Waals surface area contributed by atoms with Crippen molar-refractivity contribution in [3.8, 4) is 0 Å². The second kappa shape index (κ2) is 9.66. The third-order valence-corrected chi connectivity index (χ3v) is 6.36. The van der Waals surface area contributed by atoms with Crippen LogP contribution in [-0.2, 0) is 9.47 Å². The van der Waals surface area contributed by atoms with Crippen LogP contribution in [0.15, 0.2) is 36.1 Å². The average molecular weight is 511 g/mol. The van der Waals surface area contributed by atoms with Crippen LogP contribution in [0.2, 0.25) is 0 Å². The molecule has 0 radical (unpaired) electrons. The molecule has 5 rings (SSSR count). The Morgan fingerprint density at radius 1 is 1.22 bits per heavy atom. The van der Waals surface area contributed by atoms with Crippen LogP contribution in [-0.4, -0.2) is 67.5 Å². The van der Waals surface area contributed by atoms with Crippen LogP contribution < -0.4 is 16.0 Å². The van der Waals surface area contributed by atoms with Gasteiger partial charge in [0.1, 0.15) is 5.60 Å². The molecular weight excluding hydrogens is 484 g/mol. The van der Waals surface area contributed by atoms with E-state index >= 15 is 0 Å². The molecule has 0 saturated carbocycles. The van der Waals surface area contributed by atoms with Crippen LogP contribution in [0.25, 0.3) is 15.9 Å². The van der Waals surface area contributed by atoms with Crippen molar-refractivity contribution in [2.45, 2.75) is 44.9 Å². The number of alkyl carbamates (subject to hydrolysis) is 1. The summed E-state index contributed by atoms with van der Waals surface area (Å²) in [6.45, 7) is 6.29. The highest BCUT2D eigenvalue weighted by Crippen LogP contribution is 2.26. The van der Waals surface area contributed by atoms with Gasteiger partial charge in [-0.2, -0.15) is 9.61 Å². The van der Waals surface area contributed by atoms with Crippen LogP contribution in [0.5, 0.6) is 0 Å². The molecule has 0 bridgehead atoms. The molecule has 1 saturated heterocycles. The molecule has 0 aromatic carbocycles. The Labute approximate surface area is 210 Å². The Hall–Kier alpha value is -3.84. The van der Waals surface area contributed by atoms with E-state index in [-0.39, 0.29) is 18.0 Å². The quantitative estimate of drug-likeness (QED) is 0.369. The molecule has 1 aliphatic heterocycles. The predicted molar refractivity (Wildman–Crippen MR) is 134 cm³/mol. The molecule has 36 heavy (non-hydrogen) atoms. The molecule has 2 atom stereocenters. The molecule has 4 aromatic rings. The number of carbonyl (C=O) groups excluding carboxylic acids is 2. The molecule has 5 heterocycles. The number of imidazole rings is 1. The van der Waals surface area contributed by atoms with E-state index in [4.69, 9.17) is 9.47 Å². The molecule has 1 aliphatic rings. The summed E-state index contributed by atoms with van der Waals surface area (Å²) in [6, 6.07) is 3.07. The lowest BCUT2D eigenvalue weighted by molar-refractivity contribution is 0.0317. The molecular formula is C23H26N8O4S. The van der Waals surface area contributed by atoms with Crippen LogP contribution in [0.4, 0.5) is 16.6 Å². The monoisotopic (exact) mass is 510 g/mol. The molecule has 12 nitrogen and oxygen atoms in total. The first-order chi connectivity index (χ1) is 17.3. The van der Waals surface area contributed by atoms with Crippen LogP contribution in [0.1, 0.15) is 37.6 Å². The van der Waals surface area contributed by atoms with Gasteiger partial charge in [0, 0.05) is 18.2 Å². The van der Waals surface area contributed by atoms with E-state index in [0.29, 0.717) is 48.1 Å². The number of carbonyl (C=O) groups is 2. The van der Waals surface area contributed by atoms with Gasteiger partial charge in [0.15, 0.2) is 11.5 Å². The predicted octanol–water partition coefficient (Wildman–Crippen LogP) is 3.08. The number of nitrogens with zero attached hydrogens (tertiary/aromatic N) is 5. The van der Waals surface area contributed by atoms with Crippen LogP contribution >= 0.6 is 11.3 Å². The number of anilines is 2. The van der Waals surface area contributed by atoms with Crippen molar-refractivity contribution in [3.63, 3.8) is 0 Å². The summed E-state index contributed by atoms with van der Waals surface area (Å²) >= 11 is 1.38. The van der Waals surface area contributed by atoms with E-state index < -0.39 is 11.7 Å². The topological polar surface area (TPSA) is 145 Å². The summed E-state index contributed by atoms with van der Waals surface area (Å²) in [5, 5.41) is 15.0. The van der Waals surface area contributed by atoms with E-state index in [9.17, 15) is 9.59 Å². The van der Waals surface area contributed by atoms with Crippen molar-refractivity contribution in [2.24, 2.45) is 0 Å². The number of hydrogen-bond donors (Lipinski definition) is 3. The fourth-order valence-electron chi connectivity index (χ4n) is 3.83. The standard InChI is InChI=1S/C23H26N8O4S/c1-23(2,3)35-22(33)28-15-11-34-8-6-14(15)27-21-25-9-16-19(30-21)13(12-36-16)20(32)29-18-10-24-17-5-4-7-26-31(17)18/h4-5,7,9-10,12,14-15H,6,8,11H2,1-3H3,(H,28,33)(H,29,32)(H,25,27,30)/t14-,15+/m1/s1.